The van der Waals surface area contributed by atoms with Crippen LogP contribution in [0, 0.1) is 10.8 Å². The lowest BCUT2D eigenvalue weighted by atomic mass is 10.8. The molecule has 0 unspecified atom stereocenters. The van der Waals surface area contributed by atoms with Gasteiger partial charge in [0.25, 0.3) is 0 Å². The van der Waals surface area contributed by atoms with E-state index in [1.165, 1.54) is 6.21 Å². The van der Waals surface area contributed by atoms with Crippen molar-refractivity contribution in [3.05, 3.63) is 10.4 Å². The number of hydrogen-bond acceptors (Lipinski definition) is 3. The van der Waals surface area contributed by atoms with Gasteiger partial charge in [0.2, 0.25) is 0 Å². The Kier molecular flexibility index (Phi) is 58.1. The summed E-state index contributed by atoms with van der Waals surface area (Å²) in [4.78, 5) is 2.48. The summed E-state index contributed by atoms with van der Waals surface area (Å²) < 4.78 is 0. The molecule has 0 aliphatic carbocycles. The molecule has 0 aromatic rings. The quantitative estimate of drug-likeness (QED) is 0.173. The predicted molar refractivity (Wildman–Crippen MR) is 47.1 cm³/mol. The Morgan fingerprint density at radius 1 is 1.64 bits per heavy atom. The molecule has 6 heteroatoms. The minimum Gasteiger partial charge on any atom is -0.390 e. The van der Waals surface area contributed by atoms with Gasteiger partial charge in [0, 0.05) is 11.5 Å². The lowest BCUT2D eigenvalue weighted by Crippen LogP contribution is -1.81. The number of hydrogen-bond donors (Lipinski definition) is 3. The summed E-state index contributed by atoms with van der Waals surface area (Å²) in [7, 11) is 0. The van der Waals surface area contributed by atoms with Crippen LogP contribution in [0.5, 0.6) is 0 Å². The summed E-state index contributed by atoms with van der Waals surface area (Å²) in [6.07, 6.45) is 2.00. The van der Waals surface area contributed by atoms with Crippen molar-refractivity contribution in [3.8, 4) is 0 Å². The fourth-order valence-electron chi connectivity index (χ4n) is 0.0632. The molecule has 11 heavy (non-hydrogen) atoms. The van der Waals surface area contributed by atoms with Crippen molar-refractivity contribution >= 4 is 12.6 Å². The molecule has 0 radical (unpaired) electrons. The highest BCUT2D eigenvalue weighted by Gasteiger charge is 1.51. The molecular formula is C5H14N6. The average molecular weight is 158 g/mol. The van der Waals surface area contributed by atoms with Crippen LogP contribution in [-0.4, -0.2) is 19.1 Å². The Morgan fingerprint density at radius 3 is 1.91 bits per heavy atom. The van der Waals surface area contributed by atoms with E-state index < -0.39 is 0 Å². The van der Waals surface area contributed by atoms with Crippen LogP contribution in [0.25, 0.3) is 10.4 Å². The first-order valence-electron chi connectivity index (χ1n) is 2.91. The zero-order chi connectivity index (χ0) is 9.54. The number of azide groups is 1. The molecule has 64 valence electrons. The topological polar surface area (TPSA) is 122 Å². The third kappa shape index (κ3) is 1740. The fraction of sp³-hybridized carbons (Fsp3) is 0.600. The van der Waals surface area contributed by atoms with Crippen LogP contribution in [0.1, 0.15) is 13.8 Å². The number of nitrogens with two attached hydrogens (primary N) is 1. The van der Waals surface area contributed by atoms with Gasteiger partial charge in [-0.15, -0.1) is 0 Å². The Labute approximate surface area is 66.1 Å². The SMILES string of the molecule is CC=N.CCN=[N+]=[N-].N=CN. The van der Waals surface area contributed by atoms with Gasteiger partial charge in [0.15, 0.2) is 0 Å². The van der Waals surface area contributed by atoms with Crippen molar-refractivity contribution in [1.29, 1.82) is 10.8 Å². The Bertz CT molecular complexity index is 108. The standard InChI is InChI=1S/C2H5N3.C2H5N.CH4N2/c1-2-4-5-3;1-2-3;2-1-3/h2H2,1H3;2-3H,1H3;1H,(H3,2,3). The van der Waals surface area contributed by atoms with E-state index in [9.17, 15) is 0 Å². The van der Waals surface area contributed by atoms with E-state index in [4.69, 9.17) is 16.3 Å². The van der Waals surface area contributed by atoms with Gasteiger partial charge in [-0.3, -0.25) is 5.41 Å². The molecule has 4 N–H and O–H groups in total. The Morgan fingerprint density at radius 2 is 1.91 bits per heavy atom. The van der Waals surface area contributed by atoms with Crippen LogP contribution in [0.2, 0.25) is 0 Å². The lowest BCUT2D eigenvalue weighted by Gasteiger charge is -1.57. The molecule has 0 saturated heterocycles. The molecule has 0 amide bonds. The Hall–Kier alpha value is -1.55. The molecule has 0 fully saturated rings. The maximum Gasteiger partial charge on any atom is 0.0765 e. The zero-order valence-corrected chi connectivity index (χ0v) is 6.78. The highest BCUT2D eigenvalue weighted by Crippen LogP contribution is 1.61. The van der Waals surface area contributed by atoms with Crippen LogP contribution in [-0.2, 0) is 0 Å². The molecule has 0 heterocycles. The Balaban J connectivity index is -0.0000000933. The van der Waals surface area contributed by atoms with Gasteiger partial charge in [-0.2, -0.15) is 0 Å². The van der Waals surface area contributed by atoms with E-state index in [0.29, 0.717) is 6.54 Å². The first-order valence-corrected chi connectivity index (χ1v) is 2.91. The van der Waals surface area contributed by atoms with Crippen LogP contribution in [0.4, 0.5) is 0 Å². The lowest BCUT2D eigenvalue weighted by molar-refractivity contribution is 1.11. The van der Waals surface area contributed by atoms with Crippen LogP contribution in [0.3, 0.4) is 0 Å². The number of rotatable bonds is 1. The molecule has 6 nitrogen and oxygen atoms in total. The molecule has 0 atom stereocenters. The number of nitrogens with one attached hydrogen (secondary N) is 2. The van der Waals surface area contributed by atoms with E-state index in [0.717, 1.165) is 6.34 Å². The van der Waals surface area contributed by atoms with Gasteiger partial charge in [-0.05, 0) is 18.7 Å². The minimum absolute atomic E-state index is 0.552. The van der Waals surface area contributed by atoms with Crippen molar-refractivity contribution < 1.29 is 0 Å². The first-order chi connectivity index (χ1) is 5.24. The summed E-state index contributed by atoms with van der Waals surface area (Å²) >= 11 is 0. The number of nitrogens with zero attached hydrogens (tertiary/aromatic N) is 3. The summed E-state index contributed by atoms with van der Waals surface area (Å²) in [5.74, 6) is 0. The van der Waals surface area contributed by atoms with Gasteiger partial charge >= 0.3 is 0 Å². The molecule has 0 aromatic heterocycles. The third-order valence-electron chi connectivity index (χ3n) is 0.205. The van der Waals surface area contributed by atoms with E-state index in [1.54, 1.807) is 13.8 Å². The van der Waals surface area contributed by atoms with Crippen molar-refractivity contribution in [2.75, 3.05) is 6.54 Å². The van der Waals surface area contributed by atoms with Crippen molar-refractivity contribution in [2.45, 2.75) is 13.8 Å². The zero-order valence-electron chi connectivity index (χ0n) is 6.78. The van der Waals surface area contributed by atoms with Crippen molar-refractivity contribution in [1.82, 2.24) is 0 Å². The smallest absolute Gasteiger partial charge is 0.0765 e. The molecule has 0 aliphatic rings. The highest BCUT2D eigenvalue weighted by molar-refractivity contribution is 5.48. The third-order valence-corrected chi connectivity index (χ3v) is 0.205. The maximum atomic E-state index is 7.52. The molecule has 0 spiro atoms. The van der Waals surface area contributed by atoms with Gasteiger partial charge in [-0.25, -0.2) is 0 Å². The molecule has 0 rings (SSSR count). The minimum atomic E-state index is 0.552. The van der Waals surface area contributed by atoms with Gasteiger partial charge in [0.1, 0.15) is 0 Å². The summed E-state index contributed by atoms with van der Waals surface area (Å²) in [6.45, 7) is 4.01. The van der Waals surface area contributed by atoms with Crippen molar-refractivity contribution in [3.63, 3.8) is 0 Å². The van der Waals surface area contributed by atoms with Crippen LogP contribution >= 0.6 is 0 Å². The molecular weight excluding hydrogens is 144 g/mol. The van der Waals surface area contributed by atoms with Crippen LogP contribution in [0.15, 0.2) is 5.11 Å². The predicted octanol–water partition coefficient (Wildman–Crippen LogP) is 1.52. The second-order valence-electron chi connectivity index (χ2n) is 1.00. The average Bonchev–Trinajstić information content (AvgIpc) is 1.92. The van der Waals surface area contributed by atoms with Gasteiger partial charge in [-0.1, -0.05) is 12.0 Å². The highest BCUT2D eigenvalue weighted by atomic mass is 15.1. The van der Waals surface area contributed by atoms with Crippen molar-refractivity contribution in [2.24, 2.45) is 10.8 Å². The molecule has 0 aromatic carbocycles. The van der Waals surface area contributed by atoms with E-state index in [-0.39, 0.29) is 0 Å². The fourth-order valence-corrected chi connectivity index (χ4v) is 0.0632. The first kappa shape index (κ1) is 16.2. The maximum absolute atomic E-state index is 7.52. The monoisotopic (exact) mass is 158 g/mol. The second kappa shape index (κ2) is 39.4. The van der Waals surface area contributed by atoms with Gasteiger partial charge < -0.3 is 11.1 Å². The van der Waals surface area contributed by atoms with E-state index in [2.05, 4.69) is 15.8 Å². The molecule has 0 saturated carbocycles. The van der Waals surface area contributed by atoms with Crippen LogP contribution < -0.4 is 5.73 Å². The molecule has 0 aliphatic heterocycles. The normalized spacial score (nSPS) is 4.91. The van der Waals surface area contributed by atoms with E-state index >= 15 is 0 Å². The summed E-state index contributed by atoms with van der Waals surface area (Å²) in [5, 5.41) is 15.1. The molecule has 0 bridgehead atoms. The van der Waals surface area contributed by atoms with E-state index in [1.807, 2.05) is 0 Å². The second-order valence-corrected chi connectivity index (χ2v) is 1.00. The van der Waals surface area contributed by atoms with Gasteiger partial charge in [0.05, 0.1) is 6.34 Å². The largest absolute Gasteiger partial charge is 0.390 e. The summed E-state index contributed by atoms with van der Waals surface area (Å²) in [6, 6.07) is 0. The summed E-state index contributed by atoms with van der Waals surface area (Å²) in [5.41, 5.74) is 11.9.